The van der Waals surface area contributed by atoms with Crippen LogP contribution in [0.15, 0.2) is 21.8 Å². The second-order valence-electron chi connectivity index (χ2n) is 8.23. The smallest absolute Gasteiger partial charge is 0.352 e. The number of nitrogen functional groups attached to an aromatic ring is 1. The van der Waals surface area contributed by atoms with Crippen LogP contribution in [0.4, 0.5) is 5.13 Å². The first-order valence-electron chi connectivity index (χ1n) is 10.6. The predicted octanol–water partition coefficient (Wildman–Crippen LogP) is -1.32. The van der Waals surface area contributed by atoms with Crippen molar-refractivity contribution in [1.29, 1.82) is 0 Å². The molecular formula is C20H22N6O10S2. The van der Waals surface area contributed by atoms with E-state index in [0.717, 1.165) is 34.9 Å². The summed E-state index contributed by atoms with van der Waals surface area (Å²) in [7, 11) is 0. The van der Waals surface area contributed by atoms with E-state index < -0.39 is 64.4 Å². The number of hydrogen-bond donors (Lipinski definition) is 5. The van der Waals surface area contributed by atoms with E-state index >= 15 is 0 Å². The number of thiazole rings is 1. The van der Waals surface area contributed by atoms with Crippen LogP contribution in [0, 0.1) is 0 Å². The number of carboxylic acid groups (broad SMARTS) is 2. The highest BCUT2D eigenvalue weighted by Gasteiger charge is 2.54. The third-order valence-corrected chi connectivity index (χ3v) is 7.15. The molecule has 1 aromatic rings. The molecule has 0 spiro atoms. The summed E-state index contributed by atoms with van der Waals surface area (Å²) in [6.45, 7) is 3.39. The first kappa shape index (κ1) is 28.4. The van der Waals surface area contributed by atoms with E-state index in [0.29, 0.717) is 6.41 Å². The number of nitrogens with zero attached hydrogens (tertiary/aromatic N) is 3. The molecule has 1 saturated heterocycles. The summed E-state index contributed by atoms with van der Waals surface area (Å²) in [6.07, 6.45) is -1.36. The van der Waals surface area contributed by atoms with E-state index in [-0.39, 0.29) is 22.2 Å². The minimum absolute atomic E-state index is 0.0508. The molecule has 0 bridgehead atoms. The summed E-state index contributed by atoms with van der Waals surface area (Å²) >= 11 is 2.02. The van der Waals surface area contributed by atoms with E-state index in [4.69, 9.17) is 15.3 Å². The largest absolute Gasteiger partial charge is 0.478 e. The molecule has 3 rings (SSSR count). The zero-order valence-corrected chi connectivity index (χ0v) is 21.6. The van der Waals surface area contributed by atoms with Gasteiger partial charge in [0.1, 0.15) is 22.8 Å². The Morgan fingerprint density at radius 3 is 2.55 bits per heavy atom. The van der Waals surface area contributed by atoms with E-state index in [2.05, 4.69) is 20.8 Å². The third-order valence-electron chi connectivity index (χ3n) is 5.17. The van der Waals surface area contributed by atoms with Crippen LogP contribution in [0.5, 0.6) is 0 Å². The van der Waals surface area contributed by atoms with Gasteiger partial charge in [0.15, 0.2) is 10.8 Å². The summed E-state index contributed by atoms with van der Waals surface area (Å²) in [4.78, 5) is 81.9. The topological polar surface area (TPSA) is 240 Å². The van der Waals surface area contributed by atoms with Gasteiger partial charge in [-0.2, -0.15) is 0 Å². The van der Waals surface area contributed by atoms with Crippen LogP contribution in [0.2, 0.25) is 0 Å². The maximum absolute atomic E-state index is 13.3. The SMILES string of the molecule is CC(=O)OC(NC(=O)C(=NOC(C)(C)C(=O)O)c1csc(N)n1)C1=C(C(=O)O)N2C(=O)[C@@H](NC=O)[C@H]2SC1. The van der Waals surface area contributed by atoms with Crippen molar-refractivity contribution >= 4 is 70.1 Å². The monoisotopic (exact) mass is 570 g/mol. The third kappa shape index (κ3) is 5.70. The number of carbonyl (C=O) groups excluding carboxylic acids is 4. The van der Waals surface area contributed by atoms with Crippen LogP contribution in [0.25, 0.3) is 0 Å². The molecule has 6 N–H and O–H groups in total. The maximum Gasteiger partial charge on any atom is 0.352 e. The molecule has 38 heavy (non-hydrogen) atoms. The molecule has 0 aromatic carbocycles. The van der Waals surface area contributed by atoms with Crippen molar-refractivity contribution in [3.63, 3.8) is 0 Å². The van der Waals surface area contributed by atoms with Crippen molar-refractivity contribution in [1.82, 2.24) is 20.5 Å². The van der Waals surface area contributed by atoms with Gasteiger partial charge in [-0.1, -0.05) is 5.16 Å². The number of nitrogens with one attached hydrogen (secondary N) is 2. The normalized spacial score (nSPS) is 20.0. The molecule has 2 aliphatic heterocycles. The summed E-state index contributed by atoms with van der Waals surface area (Å²) < 4.78 is 5.19. The molecule has 2 aliphatic rings. The minimum Gasteiger partial charge on any atom is -0.478 e. The van der Waals surface area contributed by atoms with Gasteiger partial charge in [0.2, 0.25) is 18.2 Å². The molecule has 0 radical (unpaired) electrons. The number of esters is 1. The quantitative estimate of drug-likeness (QED) is 0.0519. The number of carboxylic acids is 2. The molecule has 3 heterocycles. The van der Waals surface area contributed by atoms with Crippen LogP contribution < -0.4 is 16.4 Å². The number of ether oxygens (including phenoxy) is 1. The number of thioether (sulfide) groups is 1. The van der Waals surface area contributed by atoms with Gasteiger partial charge >= 0.3 is 17.9 Å². The number of carbonyl (C=O) groups is 6. The van der Waals surface area contributed by atoms with Crippen molar-refractivity contribution in [2.45, 2.75) is 44.0 Å². The van der Waals surface area contributed by atoms with Crippen LogP contribution in [0.1, 0.15) is 26.5 Å². The number of hydrogen-bond acceptors (Lipinski definition) is 13. The molecule has 1 aromatic heterocycles. The second kappa shape index (κ2) is 11.1. The molecule has 3 atom stereocenters. The van der Waals surface area contributed by atoms with Gasteiger partial charge in [0.05, 0.1) is 0 Å². The predicted molar refractivity (Wildman–Crippen MR) is 130 cm³/mol. The highest BCUT2D eigenvalue weighted by Crippen LogP contribution is 2.41. The fourth-order valence-electron chi connectivity index (χ4n) is 3.28. The summed E-state index contributed by atoms with van der Waals surface area (Å²) in [5, 5.41) is 28.1. The van der Waals surface area contributed by atoms with E-state index in [1.165, 1.54) is 19.2 Å². The van der Waals surface area contributed by atoms with Crippen molar-refractivity contribution in [2.24, 2.45) is 5.16 Å². The lowest BCUT2D eigenvalue weighted by Gasteiger charge is -2.49. The molecule has 204 valence electrons. The number of fused-ring (bicyclic) bond motifs is 1. The molecular weight excluding hydrogens is 548 g/mol. The number of oxime groups is 1. The Labute approximate surface area is 222 Å². The molecule has 0 saturated carbocycles. The van der Waals surface area contributed by atoms with Crippen LogP contribution in [-0.4, -0.2) is 90.9 Å². The number of anilines is 1. The van der Waals surface area contributed by atoms with Gasteiger partial charge in [-0.25, -0.2) is 14.6 Å². The summed E-state index contributed by atoms with van der Waals surface area (Å²) in [6, 6.07) is -0.946. The summed E-state index contributed by atoms with van der Waals surface area (Å²) in [5.74, 6) is -5.71. The first-order chi connectivity index (χ1) is 17.8. The van der Waals surface area contributed by atoms with Gasteiger partial charge in [-0.3, -0.25) is 24.1 Å². The number of β-lactam (4-membered cyclic amide) rings is 1. The highest BCUT2D eigenvalue weighted by molar-refractivity contribution is 8.00. The number of amides is 3. The van der Waals surface area contributed by atoms with Crippen LogP contribution in [-0.2, 0) is 38.3 Å². The Morgan fingerprint density at radius 1 is 1.34 bits per heavy atom. The highest BCUT2D eigenvalue weighted by atomic mass is 32.2. The fourth-order valence-corrected chi connectivity index (χ4v) is 5.21. The van der Waals surface area contributed by atoms with E-state index in [1.54, 1.807) is 0 Å². The van der Waals surface area contributed by atoms with Crippen LogP contribution >= 0.6 is 23.1 Å². The zero-order chi connectivity index (χ0) is 28.4. The number of aliphatic carboxylic acids is 2. The standard InChI is InChI=1S/C20H22N6O10S2/c1-7(28)35-14(8-4-37-16-11(22-6-27)15(30)26(16)12(8)17(31)32)24-13(29)10(9-5-38-19(21)23-9)25-36-20(2,3)18(33)34/h5-6,11,14,16H,4H2,1-3H3,(H2,21,23)(H,22,27)(H,24,29)(H,31,32)(H,33,34)/t11-,14?,16-/m1/s1. The van der Waals surface area contributed by atoms with Gasteiger partial charge < -0.3 is 36.2 Å². The Bertz CT molecular complexity index is 1260. The molecule has 16 nitrogen and oxygen atoms in total. The number of rotatable bonds is 11. The number of nitrogens with two attached hydrogens (primary N) is 1. The average Bonchev–Trinajstić information content (AvgIpc) is 3.26. The Kier molecular flexibility index (Phi) is 8.25. The van der Waals surface area contributed by atoms with Crippen molar-refractivity contribution in [3.8, 4) is 0 Å². The second-order valence-corrected chi connectivity index (χ2v) is 10.2. The van der Waals surface area contributed by atoms with Crippen LogP contribution in [0.3, 0.4) is 0 Å². The van der Waals surface area contributed by atoms with Crippen molar-refractivity contribution in [3.05, 3.63) is 22.3 Å². The lowest BCUT2D eigenvalue weighted by atomic mass is 10.0. The Hall–Kier alpha value is -4.19. The molecule has 1 unspecified atom stereocenters. The lowest BCUT2D eigenvalue weighted by Crippen LogP contribution is -2.70. The minimum atomic E-state index is -1.85. The van der Waals surface area contributed by atoms with Crippen molar-refractivity contribution in [2.75, 3.05) is 11.5 Å². The van der Waals surface area contributed by atoms with Gasteiger partial charge in [-0.15, -0.1) is 23.1 Å². The van der Waals surface area contributed by atoms with Crippen molar-refractivity contribution < 1.29 is 48.6 Å². The summed E-state index contributed by atoms with van der Waals surface area (Å²) in [5.41, 5.74) is 2.48. The Balaban J connectivity index is 2.00. The fraction of sp³-hybridized carbons (Fsp3) is 0.400. The average molecular weight is 571 g/mol. The molecule has 3 amide bonds. The van der Waals surface area contributed by atoms with E-state index in [1.807, 2.05) is 0 Å². The molecule has 18 heteroatoms. The number of aromatic nitrogens is 1. The maximum atomic E-state index is 13.3. The lowest BCUT2D eigenvalue weighted by molar-refractivity contribution is -0.161. The zero-order valence-electron chi connectivity index (χ0n) is 20.0. The van der Waals surface area contributed by atoms with Gasteiger partial charge in [0, 0.05) is 23.6 Å². The molecule has 1 fully saturated rings. The first-order valence-corrected chi connectivity index (χ1v) is 12.5. The van der Waals surface area contributed by atoms with E-state index in [9.17, 15) is 39.0 Å². The Morgan fingerprint density at radius 2 is 2.03 bits per heavy atom. The van der Waals surface area contributed by atoms with Gasteiger partial charge in [0.25, 0.3) is 11.8 Å². The molecule has 0 aliphatic carbocycles. The van der Waals surface area contributed by atoms with Gasteiger partial charge in [-0.05, 0) is 13.8 Å².